The number of hydrogen-bond acceptors (Lipinski definition) is 6. The van der Waals surface area contributed by atoms with Crippen LogP contribution in [0.25, 0.3) is 0 Å². The van der Waals surface area contributed by atoms with Crippen LogP contribution in [0.15, 0.2) is 0 Å². The molecule has 49 heavy (non-hydrogen) atoms. The van der Waals surface area contributed by atoms with Crippen molar-refractivity contribution in [2.75, 3.05) is 26.7 Å². The molecule has 0 aliphatic heterocycles. The third kappa shape index (κ3) is 225. The molecule has 0 aliphatic rings. The fraction of sp³-hybridized carbons (Fsp3) is 0.630. The van der Waals surface area contributed by atoms with E-state index in [4.69, 9.17) is 0 Å². The van der Waals surface area contributed by atoms with Crippen molar-refractivity contribution in [1.82, 2.24) is 0 Å². The van der Waals surface area contributed by atoms with E-state index in [9.17, 15) is 46.3 Å². The van der Waals surface area contributed by atoms with Gasteiger partial charge in [0.2, 0.25) is 0 Å². The van der Waals surface area contributed by atoms with Crippen LogP contribution in [-0.4, -0.2) is 88.3 Å². The Morgan fingerprint density at radius 2 is 0.531 bits per heavy atom. The first-order chi connectivity index (χ1) is 18.6. The molecule has 3 unspecified atom stereocenters. The summed E-state index contributed by atoms with van der Waals surface area (Å²) < 4.78 is 42.6. The van der Waals surface area contributed by atoms with Gasteiger partial charge in [0.15, 0.2) is 0 Å². The van der Waals surface area contributed by atoms with E-state index in [1.807, 2.05) is 0 Å². The average molecular weight is 1370 g/mol. The number of hydrogen-bond donors (Lipinski definition) is 0. The van der Waals surface area contributed by atoms with Gasteiger partial charge in [0.05, 0.1) is 26.7 Å². The SMILES string of the molecule is CC([C-]=O)C[C-]=O.CC([C-]=O)C[C-]=O.CC([C-]=O)C[C-]=O.[B].[B][B].[CH2-]CC[18F].[CH2-]CC[18F].[CH2-]CC[18F].[CH2-]CC[18F].[Y].[Y].[Y].[Y].[Y].[Y].[Y].[Y].[Y]. The van der Waals surface area contributed by atoms with Gasteiger partial charge < -0.3 is 56.5 Å². The zero-order valence-electron chi connectivity index (χ0n) is 29.2. The quantitative estimate of drug-likeness (QED) is 0.156. The molecule has 6 nitrogen and oxygen atoms in total. The van der Waals surface area contributed by atoms with E-state index in [0.717, 1.165) is 0 Å². The first-order valence-corrected chi connectivity index (χ1v) is 11.5. The van der Waals surface area contributed by atoms with Crippen LogP contribution < -0.4 is 0 Å². The fourth-order valence-corrected chi connectivity index (χ4v) is 0.500. The Bertz CT molecular complexity index is 405. The number of rotatable bonds is 13. The zero-order valence-corrected chi connectivity index (χ0v) is 54.8. The molecule has 0 aromatic carbocycles. The summed E-state index contributed by atoms with van der Waals surface area (Å²) in [5.41, 5.74) is 0. The van der Waals surface area contributed by atoms with Crippen molar-refractivity contribution in [3.05, 3.63) is 27.7 Å². The molecule has 0 heterocycles. The summed E-state index contributed by atoms with van der Waals surface area (Å²) in [6.45, 7) is 16.6. The third-order valence-corrected chi connectivity index (χ3v) is 2.31. The molecule has 0 amide bonds. The molecule has 22 heteroatoms. The van der Waals surface area contributed by atoms with Crippen LogP contribution in [0.1, 0.15) is 65.7 Å². The maximum atomic E-state index is 10.7. The molecular weight excluding hydrogens is 1320 g/mol. The van der Waals surface area contributed by atoms with Crippen LogP contribution in [0.4, 0.5) is 17.6 Å². The van der Waals surface area contributed by atoms with Crippen molar-refractivity contribution >= 4 is 61.6 Å². The van der Waals surface area contributed by atoms with E-state index in [1.54, 1.807) is 58.5 Å². The second-order valence-electron chi connectivity index (χ2n) is 6.27. The van der Waals surface area contributed by atoms with E-state index < -0.39 is 0 Å². The Hall–Kier alpha value is 7.87. The van der Waals surface area contributed by atoms with Crippen LogP contribution in [0.2, 0.25) is 0 Å². The molecule has 0 saturated carbocycles. The number of halogens is 4. The van der Waals surface area contributed by atoms with Crippen molar-refractivity contribution in [1.29, 1.82) is 0 Å². The van der Waals surface area contributed by atoms with E-state index in [2.05, 4.69) is 43.2 Å². The number of carbonyl (C=O) groups excluding carboxylic acids is 6. The molecule has 0 aromatic rings. The fourth-order valence-electron chi connectivity index (χ4n) is 0.500. The Morgan fingerprint density at radius 1 is 0.429 bits per heavy atom. The first kappa shape index (κ1) is 117. The number of alkyl halides is 4. The van der Waals surface area contributed by atoms with Gasteiger partial charge in [-0.3, -0.25) is 55.3 Å². The maximum absolute atomic E-state index is 10.7. The first-order valence-electron chi connectivity index (χ1n) is 11.5. The molecule has 16 radical (unpaired) electrons. The molecule has 0 spiro atoms. The van der Waals surface area contributed by atoms with Crippen LogP contribution in [-0.2, 0) is 323 Å². The van der Waals surface area contributed by atoms with Gasteiger partial charge in [-0.25, -0.2) is 0 Å². The molecule has 0 aromatic heterocycles. The van der Waals surface area contributed by atoms with Crippen LogP contribution in [0.5, 0.6) is 0 Å². The van der Waals surface area contributed by atoms with Crippen molar-refractivity contribution in [3.8, 4) is 0 Å². The van der Waals surface area contributed by atoms with E-state index in [1.165, 1.54) is 0 Å². The molecule has 0 bridgehead atoms. The second-order valence-corrected chi connectivity index (χ2v) is 6.27. The monoisotopic (exact) mass is 1370 g/mol. The largest absolute Gasteiger partial charge is 0.542 e. The summed E-state index contributed by atoms with van der Waals surface area (Å²) in [4.78, 5) is 57.2. The summed E-state index contributed by atoms with van der Waals surface area (Å²) in [6.07, 6.45) is 11.9. The predicted octanol–water partition coefficient (Wildman–Crippen LogP) is 4.25. The van der Waals surface area contributed by atoms with Gasteiger partial charge >= 0.3 is 0 Å². The smallest absolute Gasteiger partial charge is 0.0624 e. The van der Waals surface area contributed by atoms with Crippen molar-refractivity contribution in [2.45, 2.75) is 65.7 Å². The maximum Gasteiger partial charge on any atom is 0.0624 e. The van der Waals surface area contributed by atoms with E-state index >= 15 is 0 Å². The predicted molar refractivity (Wildman–Crippen MR) is 157 cm³/mol. The topological polar surface area (TPSA) is 102 Å². The Kier molecular flexibility index (Phi) is 352. The summed E-state index contributed by atoms with van der Waals surface area (Å²) in [5, 5.41) is 0. The van der Waals surface area contributed by atoms with Crippen LogP contribution in [0, 0.1) is 45.4 Å². The molecule has 0 saturated heterocycles. The average Bonchev–Trinajstić information content (AvgIpc) is 2.99. The molecule has 0 rings (SSSR count). The van der Waals surface area contributed by atoms with Gasteiger partial charge in [0.1, 0.15) is 0 Å². The van der Waals surface area contributed by atoms with Gasteiger partial charge in [-0.05, 0) is 0 Å². The summed E-state index contributed by atoms with van der Waals surface area (Å²) in [5.74, 6) is -0.840. The van der Waals surface area contributed by atoms with Crippen molar-refractivity contribution in [3.63, 3.8) is 0 Å². The third-order valence-electron chi connectivity index (χ3n) is 2.31. The van der Waals surface area contributed by atoms with Gasteiger partial charge in [0, 0.05) is 318 Å². The second kappa shape index (κ2) is 147. The van der Waals surface area contributed by atoms with E-state index in [0.29, 0.717) is 25.7 Å². The van der Waals surface area contributed by atoms with Gasteiger partial charge in [-0.15, -0.1) is 0 Å². The summed E-state index contributed by atoms with van der Waals surface area (Å²) in [6, 6.07) is 0. The minimum atomic E-state index is -0.292. The van der Waals surface area contributed by atoms with Gasteiger partial charge in [-0.2, -0.15) is 62.7 Å². The standard InChI is InChI=1S/3C5H6O2.4C3H6F.B2.B.9Y/c3*1-5(4-7)2-3-6;4*1-2-3-4;1-2;;;;;;;;;;/h3*5H,2H2,1H3;4*1-3H2;;;;;;;;;;;/q3*-2;4*-1;;;;;;;;;;;/i;;;4*4-1;;;;;;;;;;;. The molecule has 260 valence electrons. The Labute approximate surface area is 528 Å². The Morgan fingerprint density at radius 3 is 0.551 bits per heavy atom. The van der Waals surface area contributed by atoms with Gasteiger partial charge in [-0.1, -0.05) is 20.8 Å². The van der Waals surface area contributed by atoms with Crippen LogP contribution in [0.3, 0.4) is 0 Å². The van der Waals surface area contributed by atoms with Gasteiger partial charge in [0.25, 0.3) is 0 Å². The van der Waals surface area contributed by atoms with E-state index in [-0.39, 0.29) is 367 Å². The minimum absolute atomic E-state index is 0. The normalized spacial score (nSPS) is 7.98. The minimum Gasteiger partial charge on any atom is -0.542 e. The van der Waals surface area contributed by atoms with Crippen molar-refractivity contribution < 1.29 is 341 Å². The van der Waals surface area contributed by atoms with Crippen molar-refractivity contribution in [2.24, 2.45) is 17.8 Å². The molecular formula is C27H42B3F4O6Y9-10. The molecule has 0 aliphatic carbocycles. The zero-order chi connectivity index (χ0) is 32.8. The summed E-state index contributed by atoms with van der Waals surface area (Å²) >= 11 is 0. The molecule has 3 atom stereocenters. The van der Waals surface area contributed by atoms with Crippen LogP contribution >= 0.6 is 0 Å². The molecule has 0 fully saturated rings. The summed E-state index contributed by atoms with van der Waals surface area (Å²) in [7, 11) is 8.00. The molecule has 0 N–H and O–H groups in total. The Balaban J connectivity index is -0.0000000139.